The van der Waals surface area contributed by atoms with Gasteiger partial charge < -0.3 is 10.5 Å². The Bertz CT molecular complexity index is 356. The van der Waals surface area contributed by atoms with Crippen molar-refractivity contribution < 1.29 is 4.74 Å². The highest BCUT2D eigenvalue weighted by atomic mass is 35.5. The predicted octanol–water partition coefficient (Wildman–Crippen LogP) is 3.15. The summed E-state index contributed by atoms with van der Waals surface area (Å²) in [6, 6.07) is 7.86. The van der Waals surface area contributed by atoms with Crippen LogP contribution < -0.4 is 5.73 Å². The molecule has 0 aromatic heterocycles. The van der Waals surface area contributed by atoms with Gasteiger partial charge in [0.15, 0.2) is 0 Å². The number of benzene rings is 1. The molecule has 1 aromatic carbocycles. The van der Waals surface area contributed by atoms with Gasteiger partial charge >= 0.3 is 0 Å². The fourth-order valence-electron chi connectivity index (χ4n) is 2.46. The number of hydrogen-bond acceptors (Lipinski definition) is 2. The van der Waals surface area contributed by atoms with Crippen LogP contribution in [0.15, 0.2) is 24.3 Å². The fourth-order valence-corrected chi connectivity index (χ4v) is 2.66. The summed E-state index contributed by atoms with van der Waals surface area (Å²) in [6.07, 6.45) is 2.37. The third-order valence-corrected chi connectivity index (χ3v) is 3.59. The Morgan fingerprint density at radius 2 is 2.38 bits per heavy atom. The van der Waals surface area contributed by atoms with E-state index >= 15 is 0 Å². The molecular weight excluding hydrogens is 222 g/mol. The van der Waals surface area contributed by atoms with Crippen LogP contribution in [0.5, 0.6) is 0 Å². The second-order valence-electron chi connectivity index (χ2n) is 4.35. The van der Waals surface area contributed by atoms with Crippen LogP contribution in [0.3, 0.4) is 0 Å². The fraction of sp³-hybridized carbons (Fsp3) is 0.538. The second kappa shape index (κ2) is 5.17. The third kappa shape index (κ3) is 2.40. The van der Waals surface area contributed by atoms with Gasteiger partial charge in [0.05, 0.1) is 6.10 Å². The molecule has 2 N–H and O–H groups in total. The molecule has 16 heavy (non-hydrogen) atoms. The lowest BCUT2D eigenvalue weighted by Crippen LogP contribution is -2.27. The van der Waals surface area contributed by atoms with Crippen LogP contribution in [0.4, 0.5) is 0 Å². The molecule has 88 valence electrons. The average Bonchev–Trinajstić information content (AvgIpc) is 2.76. The van der Waals surface area contributed by atoms with Gasteiger partial charge in [-0.2, -0.15) is 0 Å². The van der Waals surface area contributed by atoms with Crippen LogP contribution >= 0.6 is 11.6 Å². The van der Waals surface area contributed by atoms with Crippen LogP contribution in [-0.4, -0.2) is 12.7 Å². The van der Waals surface area contributed by atoms with E-state index in [4.69, 9.17) is 22.1 Å². The van der Waals surface area contributed by atoms with E-state index in [9.17, 15) is 0 Å². The van der Waals surface area contributed by atoms with Crippen LogP contribution in [0.25, 0.3) is 0 Å². The first-order valence-corrected chi connectivity index (χ1v) is 6.22. The lowest BCUT2D eigenvalue weighted by molar-refractivity contribution is 0.0813. The zero-order chi connectivity index (χ0) is 11.5. The van der Waals surface area contributed by atoms with Crippen molar-refractivity contribution in [1.29, 1.82) is 0 Å². The lowest BCUT2D eigenvalue weighted by atomic mass is 9.87. The van der Waals surface area contributed by atoms with Gasteiger partial charge in [0.2, 0.25) is 0 Å². The molecule has 1 fully saturated rings. The number of rotatable bonds is 3. The van der Waals surface area contributed by atoms with Crippen molar-refractivity contribution in [2.24, 2.45) is 11.7 Å². The van der Waals surface area contributed by atoms with Crippen LogP contribution in [0.1, 0.15) is 31.4 Å². The SMILES string of the molecule is CCC1OCCC1C(N)c1cccc(Cl)c1. The molecule has 1 aliphatic rings. The van der Waals surface area contributed by atoms with Crippen LogP contribution in [0.2, 0.25) is 5.02 Å². The smallest absolute Gasteiger partial charge is 0.0619 e. The first-order chi connectivity index (χ1) is 7.72. The summed E-state index contributed by atoms with van der Waals surface area (Å²) < 4.78 is 5.67. The lowest BCUT2D eigenvalue weighted by Gasteiger charge is -2.24. The van der Waals surface area contributed by atoms with E-state index in [-0.39, 0.29) is 6.04 Å². The van der Waals surface area contributed by atoms with Gasteiger partial charge in [-0.25, -0.2) is 0 Å². The Kier molecular flexibility index (Phi) is 3.85. The summed E-state index contributed by atoms with van der Waals surface area (Å²) in [5, 5.41) is 0.750. The van der Waals surface area contributed by atoms with E-state index in [1.165, 1.54) is 0 Å². The maximum atomic E-state index is 6.30. The molecule has 1 heterocycles. The Hall–Kier alpha value is -0.570. The zero-order valence-electron chi connectivity index (χ0n) is 9.53. The van der Waals surface area contributed by atoms with E-state index in [1.54, 1.807) is 0 Å². The largest absolute Gasteiger partial charge is 0.378 e. The van der Waals surface area contributed by atoms with Gasteiger partial charge in [-0.15, -0.1) is 0 Å². The summed E-state index contributed by atoms with van der Waals surface area (Å²) >= 11 is 5.98. The Labute approximate surface area is 102 Å². The zero-order valence-corrected chi connectivity index (χ0v) is 10.3. The normalized spacial score (nSPS) is 26.9. The van der Waals surface area contributed by atoms with Gasteiger partial charge in [0.25, 0.3) is 0 Å². The van der Waals surface area contributed by atoms with Crippen molar-refractivity contribution in [2.45, 2.75) is 31.9 Å². The number of ether oxygens (including phenoxy) is 1. The minimum atomic E-state index is 0.0335. The predicted molar refractivity (Wildman–Crippen MR) is 66.5 cm³/mol. The first kappa shape index (κ1) is 11.9. The summed E-state index contributed by atoms with van der Waals surface area (Å²) in [7, 11) is 0. The van der Waals surface area contributed by atoms with E-state index in [1.807, 2.05) is 24.3 Å². The van der Waals surface area contributed by atoms with Crippen molar-refractivity contribution >= 4 is 11.6 Å². The number of hydrogen-bond donors (Lipinski definition) is 1. The molecule has 1 aliphatic heterocycles. The number of nitrogens with two attached hydrogens (primary N) is 1. The molecule has 3 atom stereocenters. The van der Waals surface area contributed by atoms with Crippen molar-refractivity contribution in [3.05, 3.63) is 34.9 Å². The first-order valence-electron chi connectivity index (χ1n) is 5.85. The average molecular weight is 240 g/mol. The summed E-state index contributed by atoms with van der Waals surface area (Å²) in [6.45, 7) is 2.98. The van der Waals surface area contributed by atoms with E-state index < -0.39 is 0 Å². The molecule has 1 saturated heterocycles. The molecule has 2 nitrogen and oxygen atoms in total. The second-order valence-corrected chi connectivity index (χ2v) is 4.79. The summed E-state index contributed by atoms with van der Waals surface area (Å²) in [4.78, 5) is 0. The molecule has 0 aliphatic carbocycles. The molecule has 3 heteroatoms. The van der Waals surface area contributed by atoms with Gasteiger partial charge in [-0.1, -0.05) is 30.7 Å². The molecule has 0 radical (unpaired) electrons. The topological polar surface area (TPSA) is 35.2 Å². The van der Waals surface area contributed by atoms with Gasteiger partial charge in [0.1, 0.15) is 0 Å². The molecule has 3 unspecified atom stereocenters. The Balaban J connectivity index is 2.15. The van der Waals surface area contributed by atoms with E-state index in [0.29, 0.717) is 12.0 Å². The maximum absolute atomic E-state index is 6.30. The Morgan fingerprint density at radius 1 is 1.56 bits per heavy atom. The van der Waals surface area contributed by atoms with Crippen molar-refractivity contribution in [3.8, 4) is 0 Å². The summed E-state index contributed by atoms with van der Waals surface area (Å²) in [5.41, 5.74) is 7.41. The molecule has 0 spiro atoms. The van der Waals surface area contributed by atoms with Gasteiger partial charge in [-0.3, -0.25) is 0 Å². The van der Waals surface area contributed by atoms with Gasteiger partial charge in [0, 0.05) is 23.6 Å². The van der Waals surface area contributed by atoms with Crippen molar-refractivity contribution in [2.75, 3.05) is 6.61 Å². The van der Waals surface area contributed by atoms with Crippen molar-refractivity contribution in [1.82, 2.24) is 0 Å². The van der Waals surface area contributed by atoms with Crippen LogP contribution in [-0.2, 0) is 4.74 Å². The highest BCUT2D eigenvalue weighted by Crippen LogP contribution is 2.33. The maximum Gasteiger partial charge on any atom is 0.0619 e. The molecular formula is C13H18ClNO. The monoisotopic (exact) mass is 239 g/mol. The quantitative estimate of drug-likeness (QED) is 0.880. The van der Waals surface area contributed by atoms with E-state index in [2.05, 4.69) is 6.92 Å². The van der Waals surface area contributed by atoms with E-state index in [0.717, 1.165) is 30.0 Å². The highest BCUT2D eigenvalue weighted by molar-refractivity contribution is 6.30. The third-order valence-electron chi connectivity index (χ3n) is 3.36. The molecule has 0 amide bonds. The minimum Gasteiger partial charge on any atom is -0.378 e. The van der Waals surface area contributed by atoms with Gasteiger partial charge in [-0.05, 0) is 30.5 Å². The molecule has 0 saturated carbocycles. The standard InChI is InChI=1S/C13H18ClNO/c1-2-12-11(6-7-16-12)13(15)9-4-3-5-10(14)8-9/h3-5,8,11-13H,2,6-7,15H2,1H3. The summed E-state index contributed by atoms with van der Waals surface area (Å²) in [5.74, 6) is 0.420. The molecule has 2 rings (SSSR count). The van der Waals surface area contributed by atoms with Crippen LogP contribution in [0, 0.1) is 5.92 Å². The molecule has 1 aromatic rings. The van der Waals surface area contributed by atoms with Crippen molar-refractivity contribution in [3.63, 3.8) is 0 Å². The minimum absolute atomic E-state index is 0.0335. The number of halogens is 1. The Morgan fingerprint density at radius 3 is 3.06 bits per heavy atom. The highest BCUT2D eigenvalue weighted by Gasteiger charge is 2.32. The molecule has 0 bridgehead atoms.